The number of allylic oxidation sites excluding steroid dienone is 1. The molecule has 0 bridgehead atoms. The van der Waals surface area contributed by atoms with Gasteiger partial charge in [-0.3, -0.25) is 4.79 Å². The Hall–Kier alpha value is -0.710. The van der Waals surface area contributed by atoms with Crippen LogP contribution >= 0.6 is 0 Å². The van der Waals surface area contributed by atoms with Gasteiger partial charge in [-0.2, -0.15) is 0 Å². The van der Waals surface area contributed by atoms with Crippen molar-refractivity contribution < 1.29 is 20.1 Å². The van der Waals surface area contributed by atoms with Gasteiger partial charge in [0.1, 0.15) is 5.78 Å². The summed E-state index contributed by atoms with van der Waals surface area (Å²) in [6.45, 7) is 11.2. The molecular formula is C27H44O4. The first-order chi connectivity index (χ1) is 14.5. The molecule has 0 aliphatic heterocycles. The lowest BCUT2D eigenvalue weighted by molar-refractivity contribution is -0.133. The molecule has 0 unspecified atom stereocenters. The van der Waals surface area contributed by atoms with E-state index in [0.29, 0.717) is 61.1 Å². The van der Waals surface area contributed by atoms with Gasteiger partial charge in [-0.25, -0.2) is 0 Å². The number of carbonyl (C=O) groups is 1. The summed E-state index contributed by atoms with van der Waals surface area (Å²) in [5.41, 5.74) is 1.46. The van der Waals surface area contributed by atoms with E-state index >= 15 is 0 Å². The number of aliphatic hydroxyl groups excluding tert-OH is 3. The summed E-state index contributed by atoms with van der Waals surface area (Å²) in [5.74, 6) is 2.66. The van der Waals surface area contributed by atoms with Crippen molar-refractivity contribution >= 4 is 5.78 Å². The predicted molar refractivity (Wildman–Crippen MR) is 122 cm³/mol. The third-order valence-corrected chi connectivity index (χ3v) is 10.1. The lowest BCUT2D eigenvalue weighted by atomic mass is 9.47. The van der Waals surface area contributed by atoms with Gasteiger partial charge < -0.3 is 15.3 Å². The molecule has 10 atom stereocenters. The van der Waals surface area contributed by atoms with E-state index in [2.05, 4.69) is 40.7 Å². The predicted octanol–water partition coefficient (Wildman–Crippen LogP) is 4.51. The standard InChI is InChI=1S/C27H44O4/c1-15(2)10-17(28)11-16(3)19-6-7-20-18-12-23(29)22-13-24(30)25(31)14-27(22,5)21(18)8-9-26(19,20)4/h12,15-16,19-25,29-31H,6-11,13-14H2,1-5H3/t16-,19-,20+,21+,22-,23+,24-,25+,26-,27-/m1/s1. The second-order valence-corrected chi connectivity index (χ2v) is 12.5. The van der Waals surface area contributed by atoms with Gasteiger partial charge in [0, 0.05) is 12.8 Å². The van der Waals surface area contributed by atoms with Crippen LogP contribution in [0, 0.1) is 46.3 Å². The maximum absolute atomic E-state index is 12.5. The number of hydrogen-bond acceptors (Lipinski definition) is 4. The summed E-state index contributed by atoms with van der Waals surface area (Å²) in [4.78, 5) is 12.5. The maximum Gasteiger partial charge on any atom is 0.133 e. The molecule has 0 aromatic carbocycles. The van der Waals surface area contributed by atoms with Gasteiger partial charge in [-0.05, 0) is 84.9 Å². The number of fused-ring (bicyclic) bond motifs is 5. The fraction of sp³-hybridized carbons (Fsp3) is 0.889. The third-order valence-electron chi connectivity index (χ3n) is 10.1. The van der Waals surface area contributed by atoms with Crippen molar-refractivity contribution in [2.24, 2.45) is 46.3 Å². The molecule has 4 rings (SSSR count). The average molecular weight is 433 g/mol. The van der Waals surface area contributed by atoms with Gasteiger partial charge in [-0.1, -0.05) is 46.3 Å². The molecule has 0 heterocycles. The van der Waals surface area contributed by atoms with E-state index in [4.69, 9.17) is 0 Å². The number of aliphatic hydroxyl groups is 3. The number of hydrogen-bond donors (Lipinski definition) is 3. The number of ketones is 1. The first kappa shape index (κ1) is 23.4. The fourth-order valence-corrected chi connectivity index (χ4v) is 8.62. The summed E-state index contributed by atoms with van der Waals surface area (Å²) < 4.78 is 0. The largest absolute Gasteiger partial charge is 0.390 e. The molecule has 3 N–H and O–H groups in total. The SMILES string of the molecule is CC(C)CC(=O)C[C@@H](C)[C@H]1CC[C@H]2C3=C[C@H](O)[C@H]4C[C@@H](O)[C@@H](O)C[C@]4(C)[C@H]3CC[C@]12C. The van der Waals surface area contributed by atoms with Crippen LogP contribution in [-0.2, 0) is 4.79 Å². The lowest BCUT2D eigenvalue weighted by Gasteiger charge is -2.59. The Morgan fingerprint density at radius 2 is 1.68 bits per heavy atom. The quantitative estimate of drug-likeness (QED) is 0.559. The van der Waals surface area contributed by atoms with Crippen LogP contribution in [0.5, 0.6) is 0 Å². The van der Waals surface area contributed by atoms with Crippen LogP contribution in [0.15, 0.2) is 11.6 Å². The lowest BCUT2D eigenvalue weighted by Crippen LogP contribution is -2.56. The first-order valence-corrected chi connectivity index (χ1v) is 12.7. The van der Waals surface area contributed by atoms with Crippen molar-refractivity contribution in [3.05, 3.63) is 11.6 Å². The van der Waals surface area contributed by atoms with Crippen molar-refractivity contribution in [3.63, 3.8) is 0 Å². The van der Waals surface area contributed by atoms with Crippen LogP contribution in [0.2, 0.25) is 0 Å². The maximum atomic E-state index is 12.5. The highest BCUT2D eigenvalue weighted by atomic mass is 16.3. The van der Waals surface area contributed by atoms with Gasteiger partial charge in [0.2, 0.25) is 0 Å². The second-order valence-electron chi connectivity index (χ2n) is 12.5. The molecule has 0 amide bonds. The van der Waals surface area contributed by atoms with Gasteiger partial charge in [0.25, 0.3) is 0 Å². The highest BCUT2D eigenvalue weighted by Gasteiger charge is 2.60. The van der Waals surface area contributed by atoms with E-state index in [9.17, 15) is 20.1 Å². The van der Waals surface area contributed by atoms with E-state index < -0.39 is 18.3 Å². The van der Waals surface area contributed by atoms with Gasteiger partial charge in [0.15, 0.2) is 0 Å². The Balaban J connectivity index is 1.57. The Bertz CT molecular complexity index is 729. The number of rotatable bonds is 5. The molecule has 0 saturated heterocycles. The molecule has 0 aromatic rings. The van der Waals surface area contributed by atoms with E-state index in [1.165, 1.54) is 12.0 Å². The highest BCUT2D eigenvalue weighted by molar-refractivity contribution is 5.78. The smallest absolute Gasteiger partial charge is 0.133 e. The second kappa shape index (κ2) is 8.25. The van der Waals surface area contributed by atoms with Crippen LogP contribution in [0.25, 0.3) is 0 Å². The van der Waals surface area contributed by atoms with Crippen molar-refractivity contribution in [2.45, 2.75) is 104 Å². The van der Waals surface area contributed by atoms with E-state index in [0.717, 1.165) is 19.3 Å². The molecule has 4 nitrogen and oxygen atoms in total. The normalized spacial score (nSPS) is 47.9. The minimum Gasteiger partial charge on any atom is -0.390 e. The fourth-order valence-electron chi connectivity index (χ4n) is 8.62. The molecule has 4 heteroatoms. The topological polar surface area (TPSA) is 77.8 Å². The Kier molecular flexibility index (Phi) is 6.24. The molecule has 176 valence electrons. The summed E-state index contributed by atoms with van der Waals surface area (Å²) in [5, 5.41) is 31.8. The van der Waals surface area contributed by atoms with Crippen LogP contribution in [0.3, 0.4) is 0 Å². The van der Waals surface area contributed by atoms with E-state index in [-0.39, 0.29) is 16.7 Å². The van der Waals surface area contributed by atoms with E-state index in [1.54, 1.807) is 0 Å². The average Bonchev–Trinajstić information content (AvgIpc) is 3.01. The van der Waals surface area contributed by atoms with Gasteiger partial charge >= 0.3 is 0 Å². The molecule has 4 aliphatic rings. The summed E-state index contributed by atoms with van der Waals surface area (Å²) in [7, 11) is 0. The molecule has 0 aromatic heterocycles. The number of carbonyl (C=O) groups excluding carboxylic acids is 1. The van der Waals surface area contributed by atoms with Crippen LogP contribution < -0.4 is 0 Å². The summed E-state index contributed by atoms with van der Waals surface area (Å²) >= 11 is 0. The third kappa shape index (κ3) is 3.85. The zero-order chi connectivity index (χ0) is 22.7. The Labute approximate surface area is 188 Å². The Morgan fingerprint density at radius 3 is 2.35 bits per heavy atom. The molecule has 3 fully saturated rings. The molecule has 3 saturated carbocycles. The number of Topliss-reactive ketones (excluding diaryl/α,β-unsaturated/α-hetero) is 1. The molecule has 0 spiro atoms. The van der Waals surface area contributed by atoms with Crippen molar-refractivity contribution in [2.75, 3.05) is 0 Å². The van der Waals surface area contributed by atoms with Gasteiger partial charge in [-0.15, -0.1) is 0 Å². The summed E-state index contributed by atoms with van der Waals surface area (Å²) in [6, 6.07) is 0. The van der Waals surface area contributed by atoms with Crippen LogP contribution in [0.4, 0.5) is 0 Å². The minimum atomic E-state index is -0.725. The zero-order valence-corrected chi connectivity index (χ0v) is 20.2. The van der Waals surface area contributed by atoms with Crippen molar-refractivity contribution in [1.29, 1.82) is 0 Å². The monoisotopic (exact) mass is 432 g/mol. The van der Waals surface area contributed by atoms with Crippen molar-refractivity contribution in [1.82, 2.24) is 0 Å². The van der Waals surface area contributed by atoms with E-state index in [1.807, 2.05) is 0 Å². The van der Waals surface area contributed by atoms with Crippen molar-refractivity contribution in [3.8, 4) is 0 Å². The highest BCUT2D eigenvalue weighted by Crippen LogP contribution is 2.66. The molecular weight excluding hydrogens is 388 g/mol. The van der Waals surface area contributed by atoms with Crippen LogP contribution in [0.1, 0.15) is 86.0 Å². The first-order valence-electron chi connectivity index (χ1n) is 12.7. The zero-order valence-electron chi connectivity index (χ0n) is 20.2. The molecule has 0 radical (unpaired) electrons. The van der Waals surface area contributed by atoms with Gasteiger partial charge in [0.05, 0.1) is 18.3 Å². The molecule has 31 heavy (non-hydrogen) atoms. The van der Waals surface area contributed by atoms with Crippen LogP contribution in [-0.4, -0.2) is 39.4 Å². The Morgan fingerprint density at radius 1 is 1.00 bits per heavy atom. The minimum absolute atomic E-state index is 0.0220. The summed E-state index contributed by atoms with van der Waals surface area (Å²) in [6.07, 6.45) is 7.18. The molecule has 4 aliphatic carbocycles.